The summed E-state index contributed by atoms with van der Waals surface area (Å²) in [7, 11) is 3.99. The molecule has 2 rings (SSSR count). The number of nitrogens with zero attached hydrogens (tertiary/aromatic N) is 3. The minimum atomic E-state index is -0.218. The zero-order valence-corrected chi connectivity index (χ0v) is 15.7. The summed E-state index contributed by atoms with van der Waals surface area (Å²) in [6.07, 6.45) is 0.871. The van der Waals surface area contributed by atoms with E-state index in [9.17, 15) is 9.59 Å². The van der Waals surface area contributed by atoms with E-state index in [1.807, 2.05) is 14.1 Å². The summed E-state index contributed by atoms with van der Waals surface area (Å²) in [6, 6.07) is 8.71. The highest BCUT2D eigenvalue weighted by atomic mass is 16.1. The molecule has 0 atom stereocenters. The smallest absolute Gasteiger partial charge is 0.270 e. The van der Waals surface area contributed by atoms with Crippen molar-refractivity contribution in [3.05, 3.63) is 47.4 Å². The molecule has 0 saturated carbocycles. The Balaban J connectivity index is 2.04. The van der Waals surface area contributed by atoms with Crippen molar-refractivity contribution in [3.63, 3.8) is 0 Å². The van der Waals surface area contributed by atoms with Crippen LogP contribution in [-0.4, -0.2) is 53.7 Å². The lowest BCUT2D eigenvalue weighted by molar-refractivity contribution is 0.0946. The number of Topliss-reactive ketones (excluding diaryl/α,β-unsaturated/α-hetero) is 1. The maximum atomic E-state index is 12.3. The van der Waals surface area contributed by atoms with Crippen LogP contribution < -0.4 is 10.6 Å². The second-order valence-electron chi connectivity index (χ2n) is 6.36. The lowest BCUT2D eigenvalue weighted by atomic mass is 10.1. The summed E-state index contributed by atoms with van der Waals surface area (Å²) in [6.45, 7) is 4.77. The minimum Gasteiger partial charge on any atom is -0.351 e. The fourth-order valence-corrected chi connectivity index (χ4v) is 2.37. The first-order valence-corrected chi connectivity index (χ1v) is 8.52. The van der Waals surface area contributed by atoms with E-state index < -0.39 is 0 Å². The number of hydrogen-bond donors (Lipinski definition) is 2. The topological polar surface area (TPSA) is 87.2 Å². The van der Waals surface area contributed by atoms with Crippen LogP contribution in [0.15, 0.2) is 30.3 Å². The summed E-state index contributed by atoms with van der Waals surface area (Å²) < 4.78 is 0. The highest BCUT2D eigenvalue weighted by Crippen LogP contribution is 2.16. The second kappa shape index (κ2) is 9.05. The Hall–Kier alpha value is -2.80. The van der Waals surface area contributed by atoms with Gasteiger partial charge < -0.3 is 15.5 Å². The Morgan fingerprint density at radius 1 is 1.12 bits per heavy atom. The van der Waals surface area contributed by atoms with Crippen molar-refractivity contribution in [2.24, 2.45) is 0 Å². The predicted octanol–water partition coefficient (Wildman–Crippen LogP) is 2.41. The van der Waals surface area contributed by atoms with Gasteiger partial charge in [-0.25, -0.2) is 9.97 Å². The third-order valence-corrected chi connectivity index (χ3v) is 3.70. The molecule has 0 aliphatic heterocycles. The average Bonchev–Trinajstić information content (AvgIpc) is 2.58. The number of carbonyl (C=O) groups excluding carboxylic acids is 2. The summed E-state index contributed by atoms with van der Waals surface area (Å²) in [5.74, 6) is 0.840. The molecule has 0 radical (unpaired) electrons. The fourth-order valence-electron chi connectivity index (χ4n) is 2.37. The molecule has 138 valence electrons. The Morgan fingerprint density at radius 3 is 2.42 bits per heavy atom. The van der Waals surface area contributed by atoms with Gasteiger partial charge in [0.05, 0.1) is 0 Å². The average molecular weight is 355 g/mol. The quantitative estimate of drug-likeness (QED) is 0.558. The van der Waals surface area contributed by atoms with Crippen LogP contribution in [0.4, 0.5) is 11.5 Å². The van der Waals surface area contributed by atoms with Crippen LogP contribution in [0.3, 0.4) is 0 Å². The van der Waals surface area contributed by atoms with Gasteiger partial charge in [0.25, 0.3) is 5.91 Å². The molecule has 0 saturated heterocycles. The van der Waals surface area contributed by atoms with Gasteiger partial charge in [-0.1, -0.05) is 0 Å². The number of rotatable bonds is 8. The zero-order chi connectivity index (χ0) is 19.1. The van der Waals surface area contributed by atoms with Crippen LogP contribution in [0.25, 0.3) is 0 Å². The standard InChI is InChI=1S/C19H25N5O2/c1-13(25)15-6-8-16(9-7-15)23-18-12-17(21-14(2)22-18)19(26)20-10-5-11-24(3)4/h6-9,12H,5,10-11H2,1-4H3,(H,20,26)(H,21,22,23). The lowest BCUT2D eigenvalue weighted by Crippen LogP contribution is -2.28. The third kappa shape index (κ3) is 5.93. The van der Waals surface area contributed by atoms with Gasteiger partial charge >= 0.3 is 0 Å². The van der Waals surface area contributed by atoms with E-state index in [4.69, 9.17) is 0 Å². The number of carbonyl (C=O) groups is 2. The van der Waals surface area contributed by atoms with Crippen LogP contribution in [0.1, 0.15) is 40.0 Å². The van der Waals surface area contributed by atoms with Gasteiger partial charge in [-0.05, 0) is 65.2 Å². The largest absolute Gasteiger partial charge is 0.351 e. The van der Waals surface area contributed by atoms with Crippen molar-refractivity contribution in [1.82, 2.24) is 20.2 Å². The van der Waals surface area contributed by atoms with Crippen molar-refractivity contribution >= 4 is 23.2 Å². The molecule has 7 nitrogen and oxygen atoms in total. The van der Waals surface area contributed by atoms with Crippen molar-refractivity contribution in [3.8, 4) is 0 Å². The van der Waals surface area contributed by atoms with E-state index in [2.05, 4.69) is 25.5 Å². The Morgan fingerprint density at radius 2 is 1.81 bits per heavy atom. The highest BCUT2D eigenvalue weighted by Gasteiger charge is 2.10. The molecule has 26 heavy (non-hydrogen) atoms. The molecule has 0 aliphatic carbocycles. The number of anilines is 2. The number of ketones is 1. The fraction of sp³-hybridized carbons (Fsp3) is 0.368. The van der Waals surface area contributed by atoms with Crippen molar-refractivity contribution in [1.29, 1.82) is 0 Å². The van der Waals surface area contributed by atoms with Crippen LogP contribution in [0.2, 0.25) is 0 Å². The number of benzene rings is 1. The van der Waals surface area contributed by atoms with E-state index in [0.29, 0.717) is 29.4 Å². The number of nitrogens with one attached hydrogen (secondary N) is 2. The van der Waals surface area contributed by atoms with E-state index in [0.717, 1.165) is 18.7 Å². The van der Waals surface area contributed by atoms with Gasteiger partial charge in [0.2, 0.25) is 0 Å². The van der Waals surface area contributed by atoms with Gasteiger partial charge in [-0.2, -0.15) is 0 Å². The van der Waals surface area contributed by atoms with Crippen LogP contribution in [-0.2, 0) is 0 Å². The molecule has 2 N–H and O–H groups in total. The highest BCUT2D eigenvalue weighted by molar-refractivity contribution is 5.94. The Labute approximate surface area is 153 Å². The molecule has 1 amide bonds. The third-order valence-electron chi connectivity index (χ3n) is 3.70. The number of aryl methyl sites for hydroxylation is 1. The lowest BCUT2D eigenvalue weighted by Gasteiger charge is -2.11. The van der Waals surface area contributed by atoms with E-state index in [-0.39, 0.29) is 11.7 Å². The number of hydrogen-bond acceptors (Lipinski definition) is 6. The van der Waals surface area contributed by atoms with Crippen molar-refractivity contribution in [2.75, 3.05) is 32.5 Å². The molecule has 0 spiro atoms. The molecule has 1 aromatic heterocycles. The SMILES string of the molecule is CC(=O)c1ccc(Nc2cc(C(=O)NCCCN(C)C)nc(C)n2)cc1. The molecule has 1 heterocycles. The summed E-state index contributed by atoms with van der Waals surface area (Å²) >= 11 is 0. The molecule has 0 unspecified atom stereocenters. The van der Waals surface area contributed by atoms with Crippen molar-refractivity contribution < 1.29 is 9.59 Å². The minimum absolute atomic E-state index is 0.0163. The van der Waals surface area contributed by atoms with Gasteiger partial charge in [0.1, 0.15) is 17.3 Å². The first kappa shape index (κ1) is 19.5. The maximum absolute atomic E-state index is 12.3. The zero-order valence-electron chi connectivity index (χ0n) is 15.7. The van der Waals surface area contributed by atoms with Gasteiger partial charge in [-0.3, -0.25) is 9.59 Å². The van der Waals surface area contributed by atoms with Crippen molar-refractivity contribution in [2.45, 2.75) is 20.3 Å². The molecule has 0 aliphatic rings. The molecule has 0 bridgehead atoms. The maximum Gasteiger partial charge on any atom is 0.270 e. The van der Waals surface area contributed by atoms with E-state index in [1.54, 1.807) is 37.3 Å². The summed E-state index contributed by atoms with van der Waals surface area (Å²) in [5, 5.41) is 6.01. The molecule has 2 aromatic rings. The van der Waals surface area contributed by atoms with Gasteiger partial charge in [0, 0.05) is 23.9 Å². The van der Waals surface area contributed by atoms with Gasteiger partial charge in [-0.15, -0.1) is 0 Å². The molecular weight excluding hydrogens is 330 g/mol. The van der Waals surface area contributed by atoms with E-state index in [1.165, 1.54) is 6.92 Å². The molecule has 0 fully saturated rings. The van der Waals surface area contributed by atoms with Crippen LogP contribution in [0.5, 0.6) is 0 Å². The molecule has 1 aromatic carbocycles. The number of aromatic nitrogens is 2. The Kier molecular flexibility index (Phi) is 6.80. The first-order chi connectivity index (χ1) is 12.3. The number of amides is 1. The van der Waals surface area contributed by atoms with E-state index >= 15 is 0 Å². The summed E-state index contributed by atoms with van der Waals surface area (Å²) in [5.41, 5.74) is 1.75. The van der Waals surface area contributed by atoms with Crippen LogP contribution >= 0.6 is 0 Å². The first-order valence-electron chi connectivity index (χ1n) is 8.52. The monoisotopic (exact) mass is 355 g/mol. The molecular formula is C19H25N5O2. The predicted molar refractivity (Wildman–Crippen MR) is 102 cm³/mol. The Bertz CT molecular complexity index is 772. The molecule has 7 heteroatoms. The second-order valence-corrected chi connectivity index (χ2v) is 6.36. The van der Waals surface area contributed by atoms with Crippen LogP contribution in [0, 0.1) is 6.92 Å². The normalized spacial score (nSPS) is 10.7. The summed E-state index contributed by atoms with van der Waals surface area (Å²) in [4.78, 5) is 34.2. The van der Waals surface area contributed by atoms with Gasteiger partial charge in [0.15, 0.2) is 5.78 Å².